The van der Waals surface area contributed by atoms with Crippen LogP contribution in [0.25, 0.3) is 5.69 Å². The molecular weight excluding hydrogens is 403 g/mol. The third kappa shape index (κ3) is 4.88. The molecule has 0 fully saturated rings. The van der Waals surface area contributed by atoms with Gasteiger partial charge in [0.25, 0.3) is 0 Å². The number of carbonyl (C=O) groups is 1. The van der Waals surface area contributed by atoms with E-state index in [2.05, 4.69) is 10.2 Å². The summed E-state index contributed by atoms with van der Waals surface area (Å²) < 4.78 is 20.7. The molecule has 0 unspecified atom stereocenters. The number of nitrogens with zero attached hydrogens (tertiary/aromatic N) is 4. The van der Waals surface area contributed by atoms with Gasteiger partial charge >= 0.3 is 5.97 Å². The van der Waals surface area contributed by atoms with Crippen molar-refractivity contribution >= 4 is 17.7 Å². The molecule has 3 aromatic rings. The number of aromatic nitrogens is 3. The van der Waals surface area contributed by atoms with E-state index in [0.29, 0.717) is 11.0 Å². The van der Waals surface area contributed by atoms with E-state index in [0.717, 1.165) is 11.3 Å². The van der Waals surface area contributed by atoms with Crippen LogP contribution in [0.15, 0.2) is 59.8 Å². The van der Waals surface area contributed by atoms with Crippen LogP contribution in [0.1, 0.15) is 36.5 Å². The first-order valence-corrected chi connectivity index (χ1v) is 10.6. The lowest BCUT2D eigenvalue weighted by Gasteiger charge is -2.21. The smallest absolute Gasteiger partial charge is 0.324 e. The zero-order valence-corrected chi connectivity index (χ0v) is 18.3. The second kappa shape index (κ2) is 9.86. The fraction of sp³-hybridized carbons (Fsp3) is 0.318. The van der Waals surface area contributed by atoms with E-state index in [1.165, 1.54) is 23.9 Å². The zero-order valence-electron chi connectivity index (χ0n) is 17.4. The molecule has 0 spiro atoms. The van der Waals surface area contributed by atoms with Gasteiger partial charge in [-0.1, -0.05) is 42.1 Å². The third-order valence-electron chi connectivity index (χ3n) is 4.72. The fourth-order valence-electron chi connectivity index (χ4n) is 2.90. The molecule has 0 N–H and O–H groups in total. The van der Waals surface area contributed by atoms with E-state index >= 15 is 0 Å². The summed E-state index contributed by atoms with van der Waals surface area (Å²) in [5.74, 6) is 0.0336. The highest BCUT2D eigenvalue weighted by Crippen LogP contribution is 2.37. The van der Waals surface area contributed by atoms with Crippen molar-refractivity contribution in [3.63, 3.8) is 0 Å². The second-order valence-electron chi connectivity index (χ2n) is 6.95. The molecular formula is C22H25FN4O2S. The van der Waals surface area contributed by atoms with Crippen molar-refractivity contribution in [1.29, 1.82) is 0 Å². The quantitative estimate of drug-likeness (QED) is 0.391. The molecule has 8 heteroatoms. The lowest BCUT2D eigenvalue weighted by Crippen LogP contribution is -2.21. The summed E-state index contributed by atoms with van der Waals surface area (Å²) in [6, 6.07) is 15.5. The van der Waals surface area contributed by atoms with E-state index < -0.39 is 5.25 Å². The first-order valence-electron chi connectivity index (χ1n) is 9.68. The first kappa shape index (κ1) is 22.0. The number of esters is 1. The minimum atomic E-state index is -0.600. The van der Waals surface area contributed by atoms with Gasteiger partial charge in [-0.15, -0.1) is 10.2 Å². The molecule has 6 nitrogen and oxygen atoms in total. The Balaban J connectivity index is 2.07. The van der Waals surface area contributed by atoms with Gasteiger partial charge in [0.15, 0.2) is 11.0 Å². The molecule has 0 aliphatic rings. The number of benzene rings is 2. The van der Waals surface area contributed by atoms with Crippen LogP contribution in [0.5, 0.6) is 0 Å². The van der Waals surface area contributed by atoms with Gasteiger partial charge in [-0.25, -0.2) is 4.39 Å². The Kier molecular flexibility index (Phi) is 7.23. The maximum Gasteiger partial charge on any atom is 0.324 e. The van der Waals surface area contributed by atoms with Crippen LogP contribution >= 0.6 is 11.8 Å². The fourth-order valence-corrected chi connectivity index (χ4v) is 3.96. The van der Waals surface area contributed by atoms with Crippen LogP contribution in [0.2, 0.25) is 0 Å². The lowest BCUT2D eigenvalue weighted by atomic mass is 10.1. The van der Waals surface area contributed by atoms with Crippen molar-refractivity contribution in [1.82, 2.24) is 19.7 Å². The number of hydrogen-bond donors (Lipinski definition) is 0. The molecule has 1 aromatic heterocycles. The average molecular weight is 429 g/mol. The molecule has 0 aliphatic heterocycles. The summed E-state index contributed by atoms with van der Waals surface area (Å²) in [6.07, 6.45) is 0. The summed E-state index contributed by atoms with van der Waals surface area (Å²) in [7, 11) is 3.90. The summed E-state index contributed by atoms with van der Waals surface area (Å²) >= 11 is 1.27. The molecule has 158 valence electrons. The van der Waals surface area contributed by atoms with Gasteiger partial charge in [0.05, 0.1) is 12.6 Å². The Labute approximate surface area is 180 Å². The van der Waals surface area contributed by atoms with E-state index in [1.54, 1.807) is 19.1 Å². The van der Waals surface area contributed by atoms with Crippen molar-refractivity contribution in [2.75, 3.05) is 20.7 Å². The van der Waals surface area contributed by atoms with Crippen LogP contribution in [0.4, 0.5) is 4.39 Å². The summed E-state index contributed by atoms with van der Waals surface area (Å²) in [6.45, 7) is 4.08. The summed E-state index contributed by atoms with van der Waals surface area (Å²) in [5, 5.41) is 8.70. The Bertz CT molecular complexity index is 977. The topological polar surface area (TPSA) is 60.2 Å². The van der Waals surface area contributed by atoms with Crippen LogP contribution in [0, 0.1) is 5.82 Å². The first-order chi connectivity index (χ1) is 14.4. The molecule has 30 heavy (non-hydrogen) atoms. The van der Waals surface area contributed by atoms with Gasteiger partial charge in [-0.3, -0.25) is 14.3 Å². The number of halogens is 1. The van der Waals surface area contributed by atoms with Crippen molar-refractivity contribution in [2.45, 2.75) is 30.3 Å². The Morgan fingerprint density at radius 2 is 1.80 bits per heavy atom. The monoisotopic (exact) mass is 428 g/mol. The minimum Gasteiger partial charge on any atom is -0.465 e. The Morgan fingerprint density at radius 1 is 1.13 bits per heavy atom. The zero-order chi connectivity index (χ0) is 21.7. The molecule has 2 aromatic carbocycles. The van der Waals surface area contributed by atoms with E-state index in [4.69, 9.17) is 4.74 Å². The van der Waals surface area contributed by atoms with Crippen molar-refractivity contribution in [3.05, 3.63) is 71.8 Å². The van der Waals surface area contributed by atoms with Crippen molar-refractivity contribution in [2.24, 2.45) is 0 Å². The van der Waals surface area contributed by atoms with Crippen LogP contribution in [-0.4, -0.2) is 46.3 Å². The van der Waals surface area contributed by atoms with E-state index in [9.17, 15) is 9.18 Å². The average Bonchev–Trinajstić information content (AvgIpc) is 3.16. The normalized spacial score (nSPS) is 13.3. The largest absolute Gasteiger partial charge is 0.465 e. The molecule has 0 bridgehead atoms. The molecule has 0 saturated heterocycles. The highest BCUT2D eigenvalue weighted by Gasteiger charge is 2.28. The maximum absolute atomic E-state index is 13.5. The predicted octanol–water partition coefficient (Wildman–Crippen LogP) is 4.43. The maximum atomic E-state index is 13.5. The second-order valence-corrected chi connectivity index (χ2v) is 8.03. The highest BCUT2D eigenvalue weighted by atomic mass is 32.2. The van der Waals surface area contributed by atoms with Gasteiger partial charge in [0.1, 0.15) is 11.1 Å². The number of hydrogen-bond acceptors (Lipinski definition) is 6. The van der Waals surface area contributed by atoms with Gasteiger partial charge in [0.2, 0.25) is 0 Å². The Morgan fingerprint density at radius 3 is 2.40 bits per heavy atom. The number of ether oxygens (including phenoxy) is 1. The summed E-state index contributed by atoms with van der Waals surface area (Å²) in [4.78, 5) is 14.7. The van der Waals surface area contributed by atoms with E-state index in [1.807, 2.05) is 60.8 Å². The van der Waals surface area contributed by atoms with Gasteiger partial charge in [-0.05, 0) is 57.8 Å². The van der Waals surface area contributed by atoms with Crippen molar-refractivity contribution in [3.8, 4) is 5.69 Å². The van der Waals surface area contributed by atoms with Gasteiger partial charge in [0, 0.05) is 5.69 Å². The number of thioether (sulfide) groups is 1. The van der Waals surface area contributed by atoms with Crippen molar-refractivity contribution < 1.29 is 13.9 Å². The molecule has 3 rings (SSSR count). The van der Waals surface area contributed by atoms with Crippen LogP contribution in [0.3, 0.4) is 0 Å². The molecule has 0 amide bonds. The standard InChI is InChI=1S/C22H25FN4O2S/c1-5-29-21(28)19(16-9-7-6-8-10-16)30-22-25-24-20(15(2)26(3)4)27(22)18-13-11-17(23)12-14-18/h6-15,19H,5H2,1-4H3/t15-,19-/m1/s1. The number of rotatable bonds is 8. The van der Waals surface area contributed by atoms with Gasteiger partial charge in [-0.2, -0.15) is 0 Å². The third-order valence-corrected chi connectivity index (χ3v) is 5.89. The predicted molar refractivity (Wildman–Crippen MR) is 115 cm³/mol. The molecule has 0 saturated carbocycles. The summed E-state index contributed by atoms with van der Waals surface area (Å²) in [5.41, 5.74) is 1.54. The minimum absolute atomic E-state index is 0.0466. The SMILES string of the molecule is CCOC(=O)[C@H](Sc1nnc([C@@H](C)N(C)C)n1-c1ccc(F)cc1)c1ccccc1. The Hall–Kier alpha value is -2.71. The van der Waals surface area contributed by atoms with E-state index in [-0.39, 0.29) is 24.4 Å². The van der Waals surface area contributed by atoms with Gasteiger partial charge < -0.3 is 4.74 Å². The molecule has 2 atom stereocenters. The van der Waals surface area contributed by atoms with Crippen LogP contribution in [-0.2, 0) is 9.53 Å². The molecule has 1 heterocycles. The van der Waals surface area contributed by atoms with Crippen LogP contribution < -0.4 is 0 Å². The highest BCUT2D eigenvalue weighted by molar-refractivity contribution is 8.00. The molecule has 0 aliphatic carbocycles. The lowest BCUT2D eigenvalue weighted by molar-refractivity contribution is -0.142. The number of carbonyl (C=O) groups excluding carboxylic acids is 1. The molecule has 0 radical (unpaired) electrons.